The third-order valence-electron chi connectivity index (χ3n) is 5.87. The van der Waals surface area contributed by atoms with Crippen LogP contribution in [-0.2, 0) is 20.8 Å². The van der Waals surface area contributed by atoms with Crippen LogP contribution in [0.3, 0.4) is 0 Å². The molecule has 3 aliphatic rings. The molecule has 3 fully saturated rings. The SMILES string of the molecule is Cc1noc(C)c1CN1C[C@@H]2OCC[C@@H]2[C@@H](C(=O)N2CCOCC2)C1. The third kappa shape index (κ3) is 3.32. The number of aromatic nitrogens is 1. The zero-order valence-corrected chi connectivity index (χ0v) is 15.1. The molecule has 4 rings (SSSR count). The van der Waals surface area contributed by atoms with Gasteiger partial charge >= 0.3 is 0 Å². The fraction of sp³-hybridized carbons (Fsp3) is 0.778. The van der Waals surface area contributed by atoms with Crippen LogP contribution >= 0.6 is 0 Å². The Kier molecular flexibility index (Phi) is 4.80. The van der Waals surface area contributed by atoms with Gasteiger partial charge in [0.05, 0.1) is 30.9 Å². The van der Waals surface area contributed by atoms with E-state index >= 15 is 0 Å². The van der Waals surface area contributed by atoms with Gasteiger partial charge in [0, 0.05) is 50.8 Å². The molecule has 1 amide bonds. The standard InChI is InChI=1S/C18H27N3O4/c1-12-15(13(2)25-19-12)9-20-10-16(14-3-6-24-17(14)11-20)18(22)21-4-7-23-8-5-21/h14,16-17H,3-11H2,1-2H3/t14-,16+,17+/m1/s1. The van der Waals surface area contributed by atoms with Gasteiger partial charge in [0.1, 0.15) is 5.76 Å². The first-order chi connectivity index (χ1) is 12.1. The minimum Gasteiger partial charge on any atom is -0.378 e. The minimum atomic E-state index is 0.0137. The molecule has 0 aromatic carbocycles. The number of morpholine rings is 1. The van der Waals surface area contributed by atoms with Gasteiger partial charge in [-0.05, 0) is 20.3 Å². The molecule has 0 aliphatic carbocycles. The van der Waals surface area contributed by atoms with Gasteiger partial charge in [-0.25, -0.2) is 0 Å². The van der Waals surface area contributed by atoms with Crippen LogP contribution in [0, 0.1) is 25.7 Å². The molecule has 0 spiro atoms. The average Bonchev–Trinajstić information content (AvgIpc) is 3.23. The Morgan fingerprint density at radius 1 is 1.20 bits per heavy atom. The topological polar surface area (TPSA) is 68.0 Å². The van der Waals surface area contributed by atoms with Gasteiger partial charge in [0.2, 0.25) is 5.91 Å². The molecule has 7 nitrogen and oxygen atoms in total. The highest BCUT2D eigenvalue weighted by Crippen LogP contribution is 2.35. The van der Waals surface area contributed by atoms with Gasteiger partial charge in [-0.3, -0.25) is 9.69 Å². The maximum Gasteiger partial charge on any atom is 0.227 e. The lowest BCUT2D eigenvalue weighted by Gasteiger charge is -2.41. The zero-order chi connectivity index (χ0) is 17.4. The first-order valence-electron chi connectivity index (χ1n) is 9.25. The van der Waals surface area contributed by atoms with Crippen molar-refractivity contribution in [3.05, 3.63) is 17.0 Å². The van der Waals surface area contributed by atoms with Crippen molar-refractivity contribution in [1.29, 1.82) is 0 Å². The van der Waals surface area contributed by atoms with Crippen LogP contribution < -0.4 is 0 Å². The molecule has 0 N–H and O–H groups in total. The lowest BCUT2D eigenvalue weighted by molar-refractivity contribution is -0.146. The molecule has 0 bridgehead atoms. The van der Waals surface area contributed by atoms with E-state index in [1.165, 1.54) is 0 Å². The van der Waals surface area contributed by atoms with E-state index in [0.717, 1.165) is 49.7 Å². The highest BCUT2D eigenvalue weighted by Gasteiger charge is 2.45. The van der Waals surface area contributed by atoms with Gasteiger partial charge in [-0.15, -0.1) is 0 Å². The van der Waals surface area contributed by atoms with Crippen molar-refractivity contribution < 1.29 is 18.8 Å². The molecular formula is C18H27N3O4. The van der Waals surface area contributed by atoms with Crippen molar-refractivity contribution in [2.24, 2.45) is 11.8 Å². The number of amides is 1. The molecule has 3 saturated heterocycles. The van der Waals surface area contributed by atoms with Gasteiger partial charge in [0.15, 0.2) is 0 Å². The van der Waals surface area contributed by atoms with E-state index in [-0.39, 0.29) is 17.9 Å². The Morgan fingerprint density at radius 3 is 2.72 bits per heavy atom. The van der Waals surface area contributed by atoms with E-state index in [0.29, 0.717) is 32.2 Å². The van der Waals surface area contributed by atoms with Crippen LogP contribution in [0.4, 0.5) is 0 Å². The van der Waals surface area contributed by atoms with Crippen LogP contribution in [0.1, 0.15) is 23.4 Å². The molecule has 0 radical (unpaired) electrons. The van der Waals surface area contributed by atoms with Crippen LogP contribution in [0.15, 0.2) is 4.52 Å². The number of fused-ring (bicyclic) bond motifs is 1. The Labute approximate surface area is 148 Å². The number of nitrogens with zero attached hydrogens (tertiary/aromatic N) is 3. The average molecular weight is 349 g/mol. The Bertz CT molecular complexity index is 606. The summed E-state index contributed by atoms with van der Waals surface area (Å²) in [5.74, 6) is 1.49. The first-order valence-corrected chi connectivity index (χ1v) is 9.25. The van der Waals surface area contributed by atoms with Gasteiger partial charge in [0.25, 0.3) is 0 Å². The van der Waals surface area contributed by atoms with Gasteiger partial charge in [-0.1, -0.05) is 5.16 Å². The van der Waals surface area contributed by atoms with Crippen molar-refractivity contribution >= 4 is 5.91 Å². The number of piperidine rings is 1. The predicted octanol–water partition coefficient (Wildman–Crippen LogP) is 0.987. The lowest BCUT2D eigenvalue weighted by atomic mass is 9.81. The highest BCUT2D eigenvalue weighted by atomic mass is 16.5. The summed E-state index contributed by atoms with van der Waals surface area (Å²) < 4.78 is 16.6. The maximum atomic E-state index is 13.1. The largest absolute Gasteiger partial charge is 0.378 e. The molecule has 4 heterocycles. The number of carbonyl (C=O) groups excluding carboxylic acids is 1. The summed E-state index contributed by atoms with van der Waals surface area (Å²) in [4.78, 5) is 17.4. The van der Waals surface area contributed by atoms with Crippen molar-refractivity contribution in [3.63, 3.8) is 0 Å². The van der Waals surface area contributed by atoms with Crippen LogP contribution in [0.5, 0.6) is 0 Å². The quantitative estimate of drug-likeness (QED) is 0.811. The second-order valence-corrected chi connectivity index (χ2v) is 7.40. The summed E-state index contributed by atoms with van der Waals surface area (Å²) >= 11 is 0. The van der Waals surface area contributed by atoms with E-state index in [1.54, 1.807) is 0 Å². The van der Waals surface area contributed by atoms with E-state index < -0.39 is 0 Å². The van der Waals surface area contributed by atoms with E-state index in [2.05, 4.69) is 10.1 Å². The molecule has 0 unspecified atom stereocenters. The summed E-state index contributed by atoms with van der Waals surface area (Å²) in [6.07, 6.45) is 1.15. The molecule has 3 aliphatic heterocycles. The summed E-state index contributed by atoms with van der Waals surface area (Å²) in [7, 11) is 0. The molecule has 138 valence electrons. The second-order valence-electron chi connectivity index (χ2n) is 7.40. The van der Waals surface area contributed by atoms with E-state index in [4.69, 9.17) is 14.0 Å². The number of ether oxygens (including phenoxy) is 2. The molecule has 1 aromatic heterocycles. The summed E-state index contributed by atoms with van der Waals surface area (Å²) in [5, 5.41) is 4.05. The fourth-order valence-electron chi connectivity index (χ4n) is 4.42. The van der Waals surface area contributed by atoms with Crippen LogP contribution in [0.25, 0.3) is 0 Å². The van der Waals surface area contributed by atoms with Crippen molar-refractivity contribution in [2.75, 3.05) is 46.0 Å². The molecule has 1 aromatic rings. The monoisotopic (exact) mass is 349 g/mol. The summed E-state index contributed by atoms with van der Waals surface area (Å²) in [6.45, 7) is 9.81. The Hall–Kier alpha value is -1.44. The number of hydrogen-bond acceptors (Lipinski definition) is 6. The number of carbonyl (C=O) groups is 1. The van der Waals surface area contributed by atoms with Crippen LogP contribution in [0.2, 0.25) is 0 Å². The molecule has 7 heteroatoms. The van der Waals surface area contributed by atoms with Crippen molar-refractivity contribution in [2.45, 2.75) is 32.9 Å². The second kappa shape index (κ2) is 7.05. The van der Waals surface area contributed by atoms with Gasteiger partial charge < -0.3 is 18.9 Å². The first kappa shape index (κ1) is 17.0. The van der Waals surface area contributed by atoms with Crippen molar-refractivity contribution in [3.8, 4) is 0 Å². The number of aryl methyl sites for hydroxylation is 2. The van der Waals surface area contributed by atoms with Crippen LogP contribution in [-0.4, -0.2) is 73.0 Å². The molecule has 0 saturated carbocycles. The maximum absolute atomic E-state index is 13.1. The molecule has 25 heavy (non-hydrogen) atoms. The smallest absolute Gasteiger partial charge is 0.227 e. The van der Waals surface area contributed by atoms with Crippen molar-refractivity contribution in [1.82, 2.24) is 15.0 Å². The Morgan fingerprint density at radius 2 is 2.00 bits per heavy atom. The van der Waals surface area contributed by atoms with E-state index in [9.17, 15) is 4.79 Å². The number of likely N-dealkylation sites (tertiary alicyclic amines) is 1. The summed E-state index contributed by atoms with van der Waals surface area (Å²) in [6, 6.07) is 0. The normalized spacial score (nSPS) is 30.5. The summed E-state index contributed by atoms with van der Waals surface area (Å²) in [5.41, 5.74) is 2.07. The fourth-order valence-corrected chi connectivity index (χ4v) is 4.42. The minimum absolute atomic E-state index is 0.0137. The lowest BCUT2D eigenvalue weighted by Crippen LogP contribution is -2.54. The number of hydrogen-bond donors (Lipinski definition) is 0. The third-order valence-corrected chi connectivity index (χ3v) is 5.87. The zero-order valence-electron chi connectivity index (χ0n) is 15.1. The Balaban J connectivity index is 1.50. The molecular weight excluding hydrogens is 322 g/mol. The predicted molar refractivity (Wildman–Crippen MR) is 90.0 cm³/mol. The van der Waals surface area contributed by atoms with E-state index in [1.807, 2.05) is 18.7 Å². The molecule has 3 atom stereocenters. The number of rotatable bonds is 3. The van der Waals surface area contributed by atoms with Gasteiger partial charge in [-0.2, -0.15) is 0 Å². The highest BCUT2D eigenvalue weighted by molar-refractivity contribution is 5.79.